The molecule has 4 heteroatoms. The SMILES string of the molecule is c1ccc(-c2cccc(-c3nc(-c4cccc5c4sc4ccccc45)cc(-c4cccc5c6ccccc6n(-c6ccccc6)c45)n3)c2)cc1. The quantitative estimate of drug-likeness (QED) is 0.185. The van der Waals surface area contributed by atoms with E-state index >= 15 is 0 Å². The summed E-state index contributed by atoms with van der Waals surface area (Å²) >= 11 is 1.83. The molecule has 0 aliphatic carbocycles. The molecule has 3 heterocycles. The van der Waals surface area contributed by atoms with Crippen molar-refractivity contribution in [3.05, 3.63) is 176 Å². The molecular formula is C46H29N3S. The molecular weight excluding hydrogens is 627 g/mol. The van der Waals surface area contributed by atoms with E-state index in [4.69, 9.17) is 9.97 Å². The van der Waals surface area contributed by atoms with E-state index in [0.717, 1.165) is 50.4 Å². The van der Waals surface area contributed by atoms with Gasteiger partial charge in [0.2, 0.25) is 0 Å². The van der Waals surface area contributed by atoms with Crippen molar-refractivity contribution in [1.82, 2.24) is 14.5 Å². The van der Waals surface area contributed by atoms with Crippen molar-refractivity contribution in [2.45, 2.75) is 0 Å². The predicted octanol–water partition coefficient (Wildman–Crippen LogP) is 12.6. The van der Waals surface area contributed by atoms with E-state index in [1.807, 2.05) is 11.3 Å². The Bertz CT molecular complexity index is 2870. The van der Waals surface area contributed by atoms with Crippen molar-refractivity contribution in [2.75, 3.05) is 0 Å². The molecule has 234 valence electrons. The van der Waals surface area contributed by atoms with Crippen LogP contribution in [0, 0.1) is 0 Å². The van der Waals surface area contributed by atoms with Crippen LogP contribution in [0.1, 0.15) is 0 Å². The summed E-state index contributed by atoms with van der Waals surface area (Å²) in [5, 5.41) is 4.94. The predicted molar refractivity (Wildman–Crippen MR) is 211 cm³/mol. The summed E-state index contributed by atoms with van der Waals surface area (Å²) < 4.78 is 4.89. The average molecular weight is 656 g/mol. The summed E-state index contributed by atoms with van der Waals surface area (Å²) in [5.74, 6) is 0.702. The van der Waals surface area contributed by atoms with Crippen LogP contribution in [-0.4, -0.2) is 14.5 Å². The normalized spacial score (nSPS) is 11.6. The number of thiophene rings is 1. The van der Waals surface area contributed by atoms with Crippen molar-refractivity contribution in [3.8, 4) is 50.7 Å². The standard InChI is InChI=1S/C46H29N3S/c1-3-14-30(15-4-1)31-16-11-17-32(28-31)46-47-40(29-41(48-46)39-25-13-23-37-35-21-8-10-27-43(35)50-45(37)39)38-24-12-22-36-34-20-7-9-26-42(34)49(44(36)38)33-18-5-2-6-19-33/h1-29H. The molecule has 10 rings (SSSR count). The molecule has 0 amide bonds. The number of hydrogen-bond donors (Lipinski definition) is 0. The Hall–Kier alpha value is -6.36. The lowest BCUT2D eigenvalue weighted by Gasteiger charge is -2.14. The smallest absolute Gasteiger partial charge is 0.160 e. The van der Waals surface area contributed by atoms with Gasteiger partial charge in [0, 0.05) is 53.3 Å². The molecule has 0 aliphatic rings. The molecule has 10 aromatic rings. The van der Waals surface area contributed by atoms with E-state index in [-0.39, 0.29) is 0 Å². The molecule has 50 heavy (non-hydrogen) atoms. The summed E-state index contributed by atoms with van der Waals surface area (Å²) in [5.41, 5.74) is 10.7. The summed E-state index contributed by atoms with van der Waals surface area (Å²) in [6.07, 6.45) is 0. The molecule has 0 N–H and O–H groups in total. The lowest BCUT2D eigenvalue weighted by Crippen LogP contribution is -1.99. The second-order valence-electron chi connectivity index (χ2n) is 12.6. The van der Waals surface area contributed by atoms with Crippen molar-refractivity contribution in [1.29, 1.82) is 0 Å². The number of fused-ring (bicyclic) bond motifs is 6. The minimum atomic E-state index is 0.702. The molecule has 0 atom stereocenters. The fourth-order valence-electron chi connectivity index (χ4n) is 7.34. The maximum atomic E-state index is 5.39. The van der Waals surface area contributed by atoms with Crippen molar-refractivity contribution in [2.24, 2.45) is 0 Å². The zero-order chi connectivity index (χ0) is 33.0. The summed E-state index contributed by atoms with van der Waals surface area (Å²) in [6.45, 7) is 0. The van der Waals surface area contributed by atoms with E-state index in [1.165, 1.54) is 36.5 Å². The second kappa shape index (κ2) is 11.7. The Morgan fingerprint density at radius 1 is 0.420 bits per heavy atom. The van der Waals surface area contributed by atoms with Crippen molar-refractivity contribution in [3.63, 3.8) is 0 Å². The van der Waals surface area contributed by atoms with Gasteiger partial charge in [-0.15, -0.1) is 11.3 Å². The molecule has 0 saturated heterocycles. The Morgan fingerprint density at radius 2 is 1.02 bits per heavy atom. The lowest BCUT2D eigenvalue weighted by atomic mass is 10.0. The lowest BCUT2D eigenvalue weighted by molar-refractivity contribution is 1.16. The molecule has 0 aliphatic heterocycles. The maximum Gasteiger partial charge on any atom is 0.160 e. The van der Waals surface area contributed by atoms with Crippen LogP contribution in [0.3, 0.4) is 0 Å². The number of benzene rings is 7. The van der Waals surface area contributed by atoms with Crippen LogP contribution in [0.2, 0.25) is 0 Å². The molecule has 0 unspecified atom stereocenters. The van der Waals surface area contributed by atoms with Crippen molar-refractivity contribution >= 4 is 53.3 Å². The first kappa shape index (κ1) is 28.6. The fraction of sp³-hybridized carbons (Fsp3) is 0. The first-order valence-electron chi connectivity index (χ1n) is 16.8. The zero-order valence-electron chi connectivity index (χ0n) is 27.0. The first-order chi connectivity index (χ1) is 24.8. The van der Waals surface area contributed by atoms with Crippen LogP contribution < -0.4 is 0 Å². The van der Waals surface area contributed by atoms with E-state index in [9.17, 15) is 0 Å². The van der Waals surface area contributed by atoms with Gasteiger partial charge in [0.15, 0.2) is 5.82 Å². The highest BCUT2D eigenvalue weighted by Gasteiger charge is 2.20. The minimum Gasteiger partial charge on any atom is -0.309 e. The maximum absolute atomic E-state index is 5.39. The molecule has 3 nitrogen and oxygen atoms in total. The summed E-state index contributed by atoms with van der Waals surface area (Å²) in [6, 6.07) is 62.4. The van der Waals surface area contributed by atoms with Crippen LogP contribution >= 0.6 is 11.3 Å². The van der Waals surface area contributed by atoms with Crippen molar-refractivity contribution < 1.29 is 0 Å². The zero-order valence-corrected chi connectivity index (χ0v) is 27.8. The molecule has 0 saturated carbocycles. The molecule has 3 aromatic heterocycles. The highest BCUT2D eigenvalue weighted by Crippen LogP contribution is 2.42. The molecule has 0 bridgehead atoms. The number of para-hydroxylation sites is 3. The van der Waals surface area contributed by atoms with Gasteiger partial charge >= 0.3 is 0 Å². The summed E-state index contributed by atoms with van der Waals surface area (Å²) in [7, 11) is 0. The van der Waals surface area contributed by atoms with Gasteiger partial charge in [0.1, 0.15) is 0 Å². The van der Waals surface area contributed by atoms with Gasteiger partial charge in [0.25, 0.3) is 0 Å². The number of nitrogens with zero attached hydrogens (tertiary/aromatic N) is 3. The van der Waals surface area contributed by atoms with Crippen LogP contribution in [0.4, 0.5) is 0 Å². The van der Waals surface area contributed by atoms with E-state index in [2.05, 4.69) is 180 Å². The Morgan fingerprint density at radius 3 is 1.86 bits per heavy atom. The third kappa shape index (κ3) is 4.65. The van der Waals surface area contributed by atoms with E-state index in [0.29, 0.717) is 5.82 Å². The third-order valence-electron chi connectivity index (χ3n) is 9.62. The Balaban J connectivity index is 1.27. The first-order valence-corrected chi connectivity index (χ1v) is 17.7. The second-order valence-corrected chi connectivity index (χ2v) is 13.6. The largest absolute Gasteiger partial charge is 0.309 e. The van der Waals surface area contributed by atoms with Crippen LogP contribution in [-0.2, 0) is 0 Å². The molecule has 0 fully saturated rings. The van der Waals surface area contributed by atoms with Gasteiger partial charge in [-0.3, -0.25) is 0 Å². The van der Waals surface area contributed by atoms with Crippen LogP contribution in [0.5, 0.6) is 0 Å². The number of hydrogen-bond acceptors (Lipinski definition) is 3. The topological polar surface area (TPSA) is 30.7 Å². The van der Waals surface area contributed by atoms with Gasteiger partial charge in [0.05, 0.1) is 22.4 Å². The van der Waals surface area contributed by atoms with Gasteiger partial charge in [-0.25, -0.2) is 9.97 Å². The molecule has 0 spiro atoms. The van der Waals surface area contributed by atoms with Gasteiger partial charge < -0.3 is 4.57 Å². The minimum absolute atomic E-state index is 0.702. The Kier molecular flexibility index (Phi) is 6.68. The van der Waals surface area contributed by atoms with Crippen LogP contribution in [0.25, 0.3) is 92.7 Å². The van der Waals surface area contributed by atoms with Gasteiger partial charge in [-0.05, 0) is 47.5 Å². The highest BCUT2D eigenvalue weighted by atomic mass is 32.1. The molecule has 7 aromatic carbocycles. The monoisotopic (exact) mass is 655 g/mol. The number of aromatic nitrogens is 3. The van der Waals surface area contributed by atoms with Crippen LogP contribution in [0.15, 0.2) is 176 Å². The Labute approximate surface area is 293 Å². The third-order valence-corrected chi connectivity index (χ3v) is 10.8. The molecule has 0 radical (unpaired) electrons. The van der Waals surface area contributed by atoms with Gasteiger partial charge in [-0.1, -0.05) is 140 Å². The number of rotatable bonds is 5. The highest BCUT2D eigenvalue weighted by molar-refractivity contribution is 7.26. The summed E-state index contributed by atoms with van der Waals surface area (Å²) in [4.78, 5) is 10.7. The van der Waals surface area contributed by atoms with E-state index in [1.54, 1.807) is 0 Å². The van der Waals surface area contributed by atoms with Gasteiger partial charge in [-0.2, -0.15) is 0 Å². The average Bonchev–Trinajstić information content (AvgIpc) is 3.75. The fourth-order valence-corrected chi connectivity index (χ4v) is 8.57. The van der Waals surface area contributed by atoms with E-state index < -0.39 is 0 Å².